The van der Waals surface area contributed by atoms with Crippen LogP contribution in [0.5, 0.6) is 0 Å². The van der Waals surface area contributed by atoms with Gasteiger partial charge in [-0.15, -0.1) is 0 Å². The summed E-state index contributed by atoms with van der Waals surface area (Å²) in [5, 5.41) is 0. The number of nitrogens with zero attached hydrogens (tertiary/aromatic N) is 4. The van der Waals surface area contributed by atoms with E-state index in [1.54, 1.807) is 0 Å². The first-order valence-electron chi connectivity index (χ1n) is 11.2. The first kappa shape index (κ1) is 19.8. The van der Waals surface area contributed by atoms with Gasteiger partial charge in [0, 0.05) is 43.6 Å². The number of amides is 1. The largest absolute Gasteiger partial charge is 0.337 e. The maximum Gasteiger partial charge on any atom is 0.227 e. The Bertz CT molecular complexity index is 654. The van der Waals surface area contributed by atoms with Crippen molar-refractivity contribution in [1.29, 1.82) is 0 Å². The first-order chi connectivity index (χ1) is 13.5. The van der Waals surface area contributed by atoms with Crippen LogP contribution in [0.15, 0.2) is 24.5 Å². The van der Waals surface area contributed by atoms with Crippen LogP contribution in [0.4, 0.5) is 0 Å². The second-order valence-corrected chi connectivity index (χ2v) is 9.60. The molecule has 1 amide bonds. The van der Waals surface area contributed by atoms with E-state index in [0.717, 1.165) is 52.0 Å². The third-order valence-corrected chi connectivity index (χ3v) is 7.20. The molecule has 4 heterocycles. The Kier molecular flexibility index (Phi) is 6.02. The minimum atomic E-state index is 0.0532. The third kappa shape index (κ3) is 4.41. The normalized spacial score (nSPS) is 27.2. The SMILES string of the molecule is CC1(C)CCCN1C(=O)[C@@H]1CCCN(C2CCN(Cc3ccncc3)CC2)C1. The molecule has 0 N–H and O–H groups in total. The summed E-state index contributed by atoms with van der Waals surface area (Å²) in [4.78, 5) is 24.7. The van der Waals surface area contributed by atoms with Crippen molar-refractivity contribution in [1.82, 2.24) is 19.7 Å². The molecule has 3 aliphatic rings. The van der Waals surface area contributed by atoms with Gasteiger partial charge in [-0.1, -0.05) is 0 Å². The monoisotopic (exact) mass is 384 g/mol. The summed E-state index contributed by atoms with van der Waals surface area (Å²) in [5.41, 5.74) is 1.41. The maximum atomic E-state index is 13.2. The van der Waals surface area contributed by atoms with E-state index < -0.39 is 0 Å². The smallest absolute Gasteiger partial charge is 0.227 e. The number of likely N-dealkylation sites (tertiary alicyclic amines) is 3. The molecule has 1 aromatic heterocycles. The Morgan fingerprint density at radius 3 is 2.50 bits per heavy atom. The summed E-state index contributed by atoms with van der Waals surface area (Å²) in [6.45, 7) is 10.9. The molecule has 1 aromatic rings. The molecule has 0 aliphatic carbocycles. The molecule has 154 valence electrons. The summed E-state index contributed by atoms with van der Waals surface area (Å²) < 4.78 is 0. The maximum absolute atomic E-state index is 13.2. The van der Waals surface area contributed by atoms with Crippen LogP contribution in [0.25, 0.3) is 0 Å². The second-order valence-electron chi connectivity index (χ2n) is 9.60. The van der Waals surface area contributed by atoms with Gasteiger partial charge in [-0.05, 0) is 89.7 Å². The molecule has 3 aliphatic heterocycles. The Balaban J connectivity index is 1.29. The molecule has 5 heteroatoms. The van der Waals surface area contributed by atoms with Crippen molar-refractivity contribution < 1.29 is 4.79 Å². The standard InChI is InChI=1S/C23H36N4O/c1-23(2)10-4-14-27(23)22(28)20-5-3-13-26(18-20)21-8-15-25(16-9-21)17-19-6-11-24-12-7-19/h6-7,11-12,20-21H,3-5,8-10,13-18H2,1-2H3/t20-/m1/s1. The number of carbonyl (C=O) groups excluding carboxylic acids is 1. The first-order valence-corrected chi connectivity index (χ1v) is 11.2. The van der Waals surface area contributed by atoms with Gasteiger partial charge < -0.3 is 4.90 Å². The molecule has 0 bridgehead atoms. The lowest BCUT2D eigenvalue weighted by atomic mass is 9.91. The highest BCUT2D eigenvalue weighted by molar-refractivity contribution is 5.80. The van der Waals surface area contributed by atoms with E-state index in [1.165, 1.54) is 31.4 Å². The molecule has 0 radical (unpaired) electrons. The van der Waals surface area contributed by atoms with Gasteiger partial charge >= 0.3 is 0 Å². The van der Waals surface area contributed by atoms with Gasteiger partial charge in [0.05, 0.1) is 5.92 Å². The van der Waals surface area contributed by atoms with Crippen LogP contribution in [-0.4, -0.2) is 69.9 Å². The fourth-order valence-electron chi connectivity index (χ4n) is 5.46. The zero-order valence-electron chi connectivity index (χ0n) is 17.6. The van der Waals surface area contributed by atoms with Gasteiger partial charge in [0.15, 0.2) is 0 Å². The number of pyridine rings is 1. The van der Waals surface area contributed by atoms with Crippen LogP contribution in [0.1, 0.15) is 57.9 Å². The molecule has 28 heavy (non-hydrogen) atoms. The fraction of sp³-hybridized carbons (Fsp3) is 0.739. The van der Waals surface area contributed by atoms with Gasteiger partial charge in [0.2, 0.25) is 5.91 Å². The zero-order valence-corrected chi connectivity index (χ0v) is 17.6. The minimum absolute atomic E-state index is 0.0532. The van der Waals surface area contributed by atoms with Crippen molar-refractivity contribution in [3.05, 3.63) is 30.1 Å². The lowest BCUT2D eigenvalue weighted by molar-refractivity contribution is -0.141. The van der Waals surface area contributed by atoms with Crippen LogP contribution in [0.3, 0.4) is 0 Å². The van der Waals surface area contributed by atoms with E-state index in [4.69, 9.17) is 0 Å². The average Bonchev–Trinajstić information content (AvgIpc) is 3.08. The molecule has 3 fully saturated rings. The highest BCUT2D eigenvalue weighted by atomic mass is 16.2. The molecule has 0 unspecified atom stereocenters. The van der Waals surface area contributed by atoms with Crippen LogP contribution in [0, 0.1) is 5.92 Å². The predicted molar refractivity (Wildman–Crippen MR) is 112 cm³/mol. The van der Waals surface area contributed by atoms with E-state index in [2.05, 4.69) is 45.7 Å². The summed E-state index contributed by atoms with van der Waals surface area (Å²) in [7, 11) is 0. The number of rotatable bonds is 4. The van der Waals surface area contributed by atoms with Gasteiger partial charge in [-0.2, -0.15) is 0 Å². The van der Waals surface area contributed by atoms with Gasteiger partial charge in [-0.3, -0.25) is 19.6 Å². The Morgan fingerprint density at radius 2 is 1.82 bits per heavy atom. The molecule has 0 spiro atoms. The van der Waals surface area contributed by atoms with Gasteiger partial charge in [0.25, 0.3) is 0 Å². The minimum Gasteiger partial charge on any atom is -0.337 e. The van der Waals surface area contributed by atoms with E-state index >= 15 is 0 Å². The highest BCUT2D eigenvalue weighted by Gasteiger charge is 2.40. The fourth-order valence-corrected chi connectivity index (χ4v) is 5.46. The second kappa shape index (κ2) is 8.50. The van der Waals surface area contributed by atoms with Crippen LogP contribution >= 0.6 is 0 Å². The van der Waals surface area contributed by atoms with E-state index in [-0.39, 0.29) is 11.5 Å². The lowest BCUT2D eigenvalue weighted by Crippen LogP contribution is -2.53. The van der Waals surface area contributed by atoms with Crippen molar-refractivity contribution >= 4 is 5.91 Å². The van der Waals surface area contributed by atoms with Crippen molar-refractivity contribution in [3.63, 3.8) is 0 Å². The molecule has 5 nitrogen and oxygen atoms in total. The Hall–Kier alpha value is -1.46. The number of carbonyl (C=O) groups is 1. The number of aromatic nitrogens is 1. The molecule has 1 atom stereocenters. The van der Waals surface area contributed by atoms with E-state index in [1.807, 2.05) is 12.4 Å². The van der Waals surface area contributed by atoms with Crippen molar-refractivity contribution in [3.8, 4) is 0 Å². The van der Waals surface area contributed by atoms with Gasteiger partial charge in [0.1, 0.15) is 0 Å². The van der Waals surface area contributed by atoms with Crippen LogP contribution in [0.2, 0.25) is 0 Å². The highest BCUT2D eigenvalue weighted by Crippen LogP contribution is 2.32. The Morgan fingerprint density at radius 1 is 1.07 bits per heavy atom. The zero-order chi connectivity index (χ0) is 19.6. The van der Waals surface area contributed by atoms with Crippen molar-refractivity contribution in [2.75, 3.05) is 32.7 Å². The molecular weight excluding hydrogens is 348 g/mol. The van der Waals surface area contributed by atoms with Gasteiger partial charge in [-0.25, -0.2) is 0 Å². The molecule has 3 saturated heterocycles. The number of hydrogen-bond acceptors (Lipinski definition) is 4. The predicted octanol–water partition coefficient (Wildman–Crippen LogP) is 3.16. The lowest BCUT2D eigenvalue weighted by Gasteiger charge is -2.43. The summed E-state index contributed by atoms with van der Waals surface area (Å²) >= 11 is 0. The molecule has 0 aromatic carbocycles. The number of piperidine rings is 2. The van der Waals surface area contributed by atoms with Crippen molar-refractivity contribution in [2.45, 2.75) is 70.5 Å². The quantitative estimate of drug-likeness (QED) is 0.799. The summed E-state index contributed by atoms with van der Waals surface area (Å²) in [6, 6.07) is 4.88. The molecule has 4 rings (SSSR count). The van der Waals surface area contributed by atoms with Crippen LogP contribution < -0.4 is 0 Å². The summed E-state index contributed by atoms with van der Waals surface area (Å²) in [5.74, 6) is 0.628. The average molecular weight is 385 g/mol. The van der Waals surface area contributed by atoms with Crippen LogP contribution in [-0.2, 0) is 11.3 Å². The van der Waals surface area contributed by atoms with E-state index in [0.29, 0.717) is 11.9 Å². The number of hydrogen-bond donors (Lipinski definition) is 0. The topological polar surface area (TPSA) is 39.7 Å². The van der Waals surface area contributed by atoms with E-state index in [9.17, 15) is 4.79 Å². The molecule has 0 saturated carbocycles. The Labute approximate surface area is 170 Å². The molecular formula is C23H36N4O. The third-order valence-electron chi connectivity index (χ3n) is 7.20. The summed E-state index contributed by atoms with van der Waals surface area (Å²) in [6.07, 6.45) is 10.8. The van der Waals surface area contributed by atoms with Crippen molar-refractivity contribution in [2.24, 2.45) is 5.92 Å².